The minimum Gasteiger partial charge on any atom is -0.351 e. The lowest BCUT2D eigenvalue weighted by Gasteiger charge is -2.15. The lowest BCUT2D eigenvalue weighted by Crippen LogP contribution is -2.42. The number of nitrogens with two attached hydrogens (primary N) is 1. The highest BCUT2D eigenvalue weighted by molar-refractivity contribution is 8.00. The molecule has 1 unspecified atom stereocenters. The smallest absolute Gasteiger partial charge is 0.230 e. The van der Waals surface area contributed by atoms with Crippen molar-refractivity contribution in [1.29, 1.82) is 0 Å². The monoisotopic (exact) mass is 264 g/mol. The van der Waals surface area contributed by atoms with Crippen molar-refractivity contribution in [3.63, 3.8) is 0 Å². The Morgan fingerprint density at radius 2 is 2.22 bits per heavy atom. The molecule has 1 fully saturated rings. The van der Waals surface area contributed by atoms with Crippen molar-refractivity contribution in [1.82, 2.24) is 5.32 Å². The summed E-state index contributed by atoms with van der Waals surface area (Å²) >= 11 is 1.59. The molecule has 0 heterocycles. The fourth-order valence-corrected chi connectivity index (χ4v) is 2.82. The molecule has 3 nitrogen and oxygen atoms in total. The molecular formula is C14H20N2OS. The Kier molecular flexibility index (Phi) is 4.66. The Balaban J connectivity index is 1.79. The van der Waals surface area contributed by atoms with Gasteiger partial charge in [-0.25, -0.2) is 0 Å². The third-order valence-electron chi connectivity index (χ3n) is 3.24. The minimum atomic E-state index is 0.0885. The van der Waals surface area contributed by atoms with Gasteiger partial charge in [0.05, 0.1) is 5.75 Å². The topological polar surface area (TPSA) is 55.1 Å². The van der Waals surface area contributed by atoms with E-state index in [4.69, 9.17) is 5.73 Å². The Morgan fingerprint density at radius 3 is 2.83 bits per heavy atom. The molecule has 1 amide bonds. The first-order valence-electron chi connectivity index (χ1n) is 6.38. The molecule has 0 aromatic heterocycles. The molecule has 0 saturated heterocycles. The van der Waals surface area contributed by atoms with Crippen LogP contribution < -0.4 is 11.1 Å². The SMILES string of the molecule is Cc1ccccc1SCC(=O)NC(CN)C1CC1. The van der Waals surface area contributed by atoms with Crippen LogP contribution in [0, 0.1) is 12.8 Å². The fourth-order valence-electron chi connectivity index (χ4n) is 1.98. The number of thioether (sulfide) groups is 1. The zero-order valence-corrected chi connectivity index (χ0v) is 11.5. The molecule has 1 aliphatic rings. The van der Waals surface area contributed by atoms with Crippen LogP contribution in [0.3, 0.4) is 0 Å². The van der Waals surface area contributed by atoms with E-state index in [1.54, 1.807) is 11.8 Å². The third-order valence-corrected chi connectivity index (χ3v) is 4.42. The van der Waals surface area contributed by atoms with E-state index >= 15 is 0 Å². The van der Waals surface area contributed by atoms with Gasteiger partial charge in [-0.15, -0.1) is 11.8 Å². The minimum absolute atomic E-state index is 0.0885. The summed E-state index contributed by atoms with van der Waals surface area (Å²) in [7, 11) is 0. The van der Waals surface area contributed by atoms with Gasteiger partial charge in [0.1, 0.15) is 0 Å². The summed E-state index contributed by atoms with van der Waals surface area (Å²) in [4.78, 5) is 13.0. The number of carbonyl (C=O) groups is 1. The average Bonchev–Trinajstić information content (AvgIpc) is 3.19. The first kappa shape index (κ1) is 13.4. The maximum atomic E-state index is 11.8. The van der Waals surface area contributed by atoms with E-state index in [2.05, 4.69) is 24.4 Å². The largest absolute Gasteiger partial charge is 0.351 e. The summed E-state index contributed by atoms with van der Waals surface area (Å²) in [5, 5.41) is 3.03. The van der Waals surface area contributed by atoms with Gasteiger partial charge in [-0.05, 0) is 37.3 Å². The van der Waals surface area contributed by atoms with Gasteiger partial charge < -0.3 is 11.1 Å². The maximum absolute atomic E-state index is 11.8. The van der Waals surface area contributed by atoms with Crippen LogP contribution in [0.5, 0.6) is 0 Å². The van der Waals surface area contributed by atoms with Crippen molar-refractivity contribution in [2.24, 2.45) is 11.7 Å². The molecule has 1 aromatic rings. The molecular weight excluding hydrogens is 244 g/mol. The van der Waals surface area contributed by atoms with Crippen molar-refractivity contribution < 1.29 is 4.79 Å². The molecule has 0 aliphatic heterocycles. The van der Waals surface area contributed by atoms with Gasteiger partial charge in [0.25, 0.3) is 0 Å². The molecule has 1 saturated carbocycles. The maximum Gasteiger partial charge on any atom is 0.230 e. The Hall–Kier alpha value is -1.00. The van der Waals surface area contributed by atoms with Crippen molar-refractivity contribution in [2.75, 3.05) is 12.3 Å². The molecule has 3 N–H and O–H groups in total. The molecule has 1 atom stereocenters. The second-order valence-corrected chi connectivity index (χ2v) is 5.82. The van der Waals surface area contributed by atoms with E-state index in [-0.39, 0.29) is 11.9 Å². The van der Waals surface area contributed by atoms with Crippen LogP contribution in [-0.2, 0) is 4.79 Å². The van der Waals surface area contributed by atoms with Gasteiger partial charge in [0.15, 0.2) is 0 Å². The van der Waals surface area contributed by atoms with Gasteiger partial charge in [0, 0.05) is 17.5 Å². The van der Waals surface area contributed by atoms with Crippen molar-refractivity contribution in [3.05, 3.63) is 29.8 Å². The molecule has 2 rings (SSSR count). The number of carbonyl (C=O) groups excluding carboxylic acids is 1. The van der Waals surface area contributed by atoms with E-state index in [0.29, 0.717) is 18.2 Å². The highest BCUT2D eigenvalue weighted by atomic mass is 32.2. The second-order valence-electron chi connectivity index (χ2n) is 4.80. The van der Waals surface area contributed by atoms with E-state index in [1.807, 2.05) is 12.1 Å². The van der Waals surface area contributed by atoms with Crippen LogP contribution in [0.2, 0.25) is 0 Å². The molecule has 18 heavy (non-hydrogen) atoms. The van der Waals surface area contributed by atoms with E-state index < -0.39 is 0 Å². The summed E-state index contributed by atoms with van der Waals surface area (Å²) < 4.78 is 0. The molecule has 1 aromatic carbocycles. The van der Waals surface area contributed by atoms with Crippen molar-refractivity contribution >= 4 is 17.7 Å². The number of amides is 1. The quantitative estimate of drug-likeness (QED) is 0.772. The predicted molar refractivity (Wildman–Crippen MR) is 75.6 cm³/mol. The summed E-state index contributed by atoms with van der Waals surface area (Å²) in [5.74, 6) is 1.17. The lowest BCUT2D eigenvalue weighted by atomic mass is 10.2. The number of nitrogens with one attached hydrogen (secondary N) is 1. The van der Waals surface area contributed by atoms with Crippen molar-refractivity contribution in [3.8, 4) is 0 Å². The normalized spacial score (nSPS) is 16.3. The van der Waals surface area contributed by atoms with Crippen LogP contribution in [0.1, 0.15) is 18.4 Å². The van der Waals surface area contributed by atoms with Crippen LogP contribution >= 0.6 is 11.8 Å². The van der Waals surface area contributed by atoms with Crippen LogP contribution in [0.25, 0.3) is 0 Å². The fraction of sp³-hybridized carbons (Fsp3) is 0.500. The van der Waals surface area contributed by atoms with Crippen LogP contribution in [-0.4, -0.2) is 24.2 Å². The van der Waals surface area contributed by atoms with Gasteiger partial charge in [0.2, 0.25) is 5.91 Å². The summed E-state index contributed by atoms with van der Waals surface area (Å²) in [6.45, 7) is 2.61. The summed E-state index contributed by atoms with van der Waals surface area (Å²) in [6.07, 6.45) is 2.40. The molecule has 1 aliphatic carbocycles. The zero-order chi connectivity index (χ0) is 13.0. The molecule has 0 bridgehead atoms. The number of aryl methyl sites for hydroxylation is 1. The Morgan fingerprint density at radius 1 is 1.50 bits per heavy atom. The highest BCUT2D eigenvalue weighted by Crippen LogP contribution is 2.32. The predicted octanol–water partition coefficient (Wildman–Crippen LogP) is 1.94. The average molecular weight is 264 g/mol. The van der Waals surface area contributed by atoms with Crippen LogP contribution in [0.15, 0.2) is 29.2 Å². The molecule has 0 radical (unpaired) electrons. The summed E-state index contributed by atoms with van der Waals surface area (Å²) in [6, 6.07) is 8.30. The standard InChI is InChI=1S/C14H20N2OS/c1-10-4-2-3-5-13(10)18-9-14(17)16-12(8-15)11-6-7-11/h2-5,11-12H,6-9,15H2,1H3,(H,16,17). The number of benzene rings is 1. The van der Waals surface area contributed by atoms with Gasteiger partial charge in [-0.1, -0.05) is 18.2 Å². The highest BCUT2D eigenvalue weighted by Gasteiger charge is 2.31. The van der Waals surface area contributed by atoms with E-state index in [1.165, 1.54) is 23.3 Å². The first-order valence-corrected chi connectivity index (χ1v) is 7.37. The van der Waals surface area contributed by atoms with Crippen LogP contribution in [0.4, 0.5) is 0 Å². The van der Waals surface area contributed by atoms with Gasteiger partial charge >= 0.3 is 0 Å². The second kappa shape index (κ2) is 6.25. The van der Waals surface area contributed by atoms with Gasteiger partial charge in [-0.2, -0.15) is 0 Å². The molecule has 0 spiro atoms. The molecule has 4 heteroatoms. The third kappa shape index (κ3) is 3.75. The summed E-state index contributed by atoms with van der Waals surface area (Å²) in [5.41, 5.74) is 6.89. The number of hydrogen-bond donors (Lipinski definition) is 2. The Labute approximate surface area is 113 Å². The first-order chi connectivity index (χ1) is 8.70. The Bertz CT molecular complexity index is 418. The number of rotatable bonds is 6. The lowest BCUT2D eigenvalue weighted by molar-refractivity contribution is -0.119. The number of hydrogen-bond acceptors (Lipinski definition) is 3. The van der Waals surface area contributed by atoms with Gasteiger partial charge in [-0.3, -0.25) is 4.79 Å². The zero-order valence-electron chi connectivity index (χ0n) is 10.7. The van der Waals surface area contributed by atoms with E-state index in [0.717, 1.165) is 0 Å². The molecule has 98 valence electrons. The van der Waals surface area contributed by atoms with Crippen molar-refractivity contribution in [2.45, 2.75) is 30.7 Å². The van der Waals surface area contributed by atoms with E-state index in [9.17, 15) is 4.79 Å².